The van der Waals surface area contributed by atoms with E-state index in [-0.39, 0.29) is 11.3 Å². The van der Waals surface area contributed by atoms with Crippen molar-refractivity contribution in [1.29, 1.82) is 0 Å². The highest BCUT2D eigenvalue weighted by atomic mass is 127. The molecular weight excluding hydrogens is 576 g/mol. The molecule has 25 heavy (non-hydrogen) atoms. The van der Waals surface area contributed by atoms with E-state index in [0.29, 0.717) is 17.1 Å². The van der Waals surface area contributed by atoms with E-state index in [0.717, 1.165) is 7.14 Å². The second-order valence-corrected chi connectivity index (χ2v) is 8.89. The number of benzene rings is 2. The summed E-state index contributed by atoms with van der Waals surface area (Å²) >= 11 is 4.16. The van der Waals surface area contributed by atoms with Gasteiger partial charge < -0.3 is 15.6 Å². The molecule has 10 heteroatoms. The standard InChI is InChI=1S/C15H13I2NO6S/c16-8-5-11(13(18)7-14(19)20)15(12(17)6-8)24-9-1-3-10(4-2-9)25(21,22)23/h1-6,13H,7,18H2,(H,19,20)(H,21,22,23). The van der Waals surface area contributed by atoms with Crippen molar-refractivity contribution in [3.05, 3.63) is 49.1 Å². The Morgan fingerprint density at radius 3 is 2.32 bits per heavy atom. The van der Waals surface area contributed by atoms with E-state index in [1.54, 1.807) is 6.07 Å². The van der Waals surface area contributed by atoms with E-state index < -0.39 is 22.1 Å². The Morgan fingerprint density at radius 2 is 1.80 bits per heavy atom. The number of carboxylic acid groups (broad SMARTS) is 1. The monoisotopic (exact) mass is 589 g/mol. The van der Waals surface area contributed by atoms with Crippen molar-refractivity contribution in [3.8, 4) is 11.5 Å². The van der Waals surface area contributed by atoms with Gasteiger partial charge in [-0.05, 0) is 81.6 Å². The van der Waals surface area contributed by atoms with E-state index >= 15 is 0 Å². The van der Waals surface area contributed by atoms with Crippen LogP contribution in [0, 0.1) is 7.14 Å². The molecular formula is C15H13I2NO6S. The number of halogens is 2. The minimum absolute atomic E-state index is 0.250. The van der Waals surface area contributed by atoms with Gasteiger partial charge in [-0.15, -0.1) is 0 Å². The number of carboxylic acids is 1. The lowest BCUT2D eigenvalue weighted by molar-refractivity contribution is -0.137. The van der Waals surface area contributed by atoms with Gasteiger partial charge >= 0.3 is 5.97 Å². The molecule has 1 atom stereocenters. The molecule has 0 aliphatic heterocycles. The second-order valence-electron chi connectivity index (χ2n) is 5.06. The molecule has 1 unspecified atom stereocenters. The maximum Gasteiger partial charge on any atom is 0.305 e. The summed E-state index contributed by atoms with van der Waals surface area (Å²) in [6.07, 6.45) is -0.256. The molecule has 0 amide bonds. The van der Waals surface area contributed by atoms with Crippen LogP contribution in [-0.2, 0) is 14.9 Å². The number of ether oxygens (including phenoxy) is 1. The number of hydrogen-bond acceptors (Lipinski definition) is 5. The molecule has 0 radical (unpaired) electrons. The largest absolute Gasteiger partial charge is 0.481 e. The van der Waals surface area contributed by atoms with Gasteiger partial charge in [-0.1, -0.05) is 0 Å². The maximum absolute atomic E-state index is 11.1. The van der Waals surface area contributed by atoms with Crippen molar-refractivity contribution in [2.45, 2.75) is 17.4 Å². The topological polar surface area (TPSA) is 127 Å². The molecule has 2 aromatic carbocycles. The molecule has 0 spiro atoms. The molecule has 0 heterocycles. The van der Waals surface area contributed by atoms with Gasteiger partial charge in [-0.2, -0.15) is 8.42 Å². The fourth-order valence-electron chi connectivity index (χ4n) is 2.06. The Kier molecular flexibility index (Phi) is 6.64. The van der Waals surface area contributed by atoms with Crippen LogP contribution >= 0.6 is 45.2 Å². The SMILES string of the molecule is NC(CC(=O)O)c1cc(I)cc(I)c1Oc1ccc(S(=O)(=O)O)cc1. The van der Waals surface area contributed by atoms with Crippen molar-refractivity contribution in [2.75, 3.05) is 0 Å². The molecule has 2 aromatic rings. The zero-order valence-electron chi connectivity index (χ0n) is 12.5. The first kappa shape index (κ1) is 20.4. The number of nitrogens with two attached hydrogens (primary N) is 1. The smallest absolute Gasteiger partial charge is 0.305 e. The number of rotatable bonds is 6. The summed E-state index contributed by atoms with van der Waals surface area (Å²) in [6.45, 7) is 0. The summed E-state index contributed by atoms with van der Waals surface area (Å²) in [5, 5.41) is 8.97. The Bertz CT molecular complexity index is 899. The normalized spacial score (nSPS) is 12.6. The van der Waals surface area contributed by atoms with E-state index in [1.165, 1.54) is 24.3 Å². The Labute approximate surface area is 171 Å². The van der Waals surface area contributed by atoms with E-state index in [4.69, 9.17) is 20.1 Å². The van der Waals surface area contributed by atoms with E-state index in [9.17, 15) is 13.2 Å². The molecule has 0 fully saturated rings. The highest BCUT2D eigenvalue weighted by Gasteiger charge is 2.20. The molecule has 134 valence electrons. The molecule has 4 N–H and O–H groups in total. The maximum atomic E-state index is 11.1. The summed E-state index contributed by atoms with van der Waals surface area (Å²) in [6, 6.07) is 8.04. The second kappa shape index (κ2) is 8.16. The minimum Gasteiger partial charge on any atom is -0.481 e. The van der Waals surface area contributed by atoms with Crippen LogP contribution in [0.4, 0.5) is 0 Å². The van der Waals surface area contributed by atoms with Gasteiger partial charge in [0.1, 0.15) is 11.5 Å². The zero-order chi connectivity index (χ0) is 18.8. The first-order chi connectivity index (χ1) is 11.6. The molecule has 0 aromatic heterocycles. The lowest BCUT2D eigenvalue weighted by Crippen LogP contribution is -2.16. The third-order valence-corrected chi connectivity index (χ3v) is 5.46. The Balaban J connectivity index is 2.40. The fraction of sp³-hybridized carbons (Fsp3) is 0.133. The van der Waals surface area contributed by atoms with Crippen LogP contribution in [0.25, 0.3) is 0 Å². The molecule has 0 saturated heterocycles. The molecule has 2 rings (SSSR count). The molecule has 0 saturated carbocycles. The molecule has 7 nitrogen and oxygen atoms in total. The predicted octanol–water partition coefficient (Wildman–Crippen LogP) is 3.41. The van der Waals surface area contributed by atoms with Crippen LogP contribution in [-0.4, -0.2) is 24.0 Å². The molecule has 0 bridgehead atoms. The van der Waals surface area contributed by atoms with Crippen LogP contribution in [0.15, 0.2) is 41.3 Å². The van der Waals surface area contributed by atoms with Crippen LogP contribution < -0.4 is 10.5 Å². The van der Waals surface area contributed by atoms with Gasteiger partial charge in [0.15, 0.2) is 0 Å². The van der Waals surface area contributed by atoms with Crippen molar-refractivity contribution >= 4 is 61.3 Å². The number of hydrogen-bond donors (Lipinski definition) is 3. The molecule has 0 aliphatic carbocycles. The van der Waals surface area contributed by atoms with Gasteiger partial charge in [0.05, 0.1) is 14.9 Å². The highest BCUT2D eigenvalue weighted by molar-refractivity contribution is 14.1. The lowest BCUT2D eigenvalue weighted by atomic mass is 10.0. The third kappa shape index (κ3) is 5.51. The van der Waals surface area contributed by atoms with E-state index in [2.05, 4.69) is 45.2 Å². The van der Waals surface area contributed by atoms with Gasteiger partial charge in [0.25, 0.3) is 10.1 Å². The number of carbonyl (C=O) groups is 1. The zero-order valence-corrected chi connectivity index (χ0v) is 17.6. The van der Waals surface area contributed by atoms with Gasteiger partial charge in [-0.3, -0.25) is 9.35 Å². The average Bonchev–Trinajstić information content (AvgIpc) is 2.48. The quantitative estimate of drug-likeness (QED) is 0.349. The van der Waals surface area contributed by atoms with Crippen LogP contribution in [0.3, 0.4) is 0 Å². The summed E-state index contributed by atoms with van der Waals surface area (Å²) in [4.78, 5) is 10.7. The van der Waals surface area contributed by atoms with Crippen molar-refractivity contribution in [2.24, 2.45) is 5.73 Å². The van der Waals surface area contributed by atoms with Crippen molar-refractivity contribution in [3.63, 3.8) is 0 Å². The predicted molar refractivity (Wildman–Crippen MR) is 107 cm³/mol. The van der Waals surface area contributed by atoms with Crippen LogP contribution in [0.1, 0.15) is 18.0 Å². The van der Waals surface area contributed by atoms with Gasteiger partial charge in [-0.25, -0.2) is 0 Å². The lowest BCUT2D eigenvalue weighted by Gasteiger charge is -2.18. The highest BCUT2D eigenvalue weighted by Crippen LogP contribution is 2.36. The fourth-order valence-corrected chi connectivity index (χ4v) is 4.54. The number of aliphatic carboxylic acids is 1. The van der Waals surface area contributed by atoms with E-state index in [1.807, 2.05) is 6.07 Å². The first-order valence-corrected chi connectivity index (χ1v) is 10.4. The summed E-state index contributed by atoms with van der Waals surface area (Å²) in [5.74, 6) is -0.283. The van der Waals surface area contributed by atoms with Crippen molar-refractivity contribution in [1.82, 2.24) is 0 Å². The Hall–Kier alpha value is -0.960. The van der Waals surface area contributed by atoms with Crippen LogP contribution in [0.5, 0.6) is 11.5 Å². The summed E-state index contributed by atoms with van der Waals surface area (Å²) in [5.41, 5.74) is 6.53. The molecule has 0 aliphatic rings. The minimum atomic E-state index is -4.28. The summed E-state index contributed by atoms with van der Waals surface area (Å²) < 4.78 is 38.6. The average molecular weight is 589 g/mol. The summed E-state index contributed by atoms with van der Waals surface area (Å²) in [7, 11) is -4.28. The first-order valence-electron chi connectivity index (χ1n) is 6.79. The van der Waals surface area contributed by atoms with Crippen LogP contribution in [0.2, 0.25) is 0 Å². The van der Waals surface area contributed by atoms with Gasteiger partial charge in [0.2, 0.25) is 0 Å². The third-order valence-electron chi connectivity index (χ3n) is 3.17. The Morgan fingerprint density at radius 1 is 1.20 bits per heavy atom. The van der Waals surface area contributed by atoms with Gasteiger partial charge in [0, 0.05) is 15.2 Å². The van der Waals surface area contributed by atoms with Crippen molar-refractivity contribution < 1.29 is 27.6 Å².